The number of esters is 2. The molecule has 0 aromatic rings. The van der Waals surface area contributed by atoms with Crippen molar-refractivity contribution >= 4 is 11.9 Å². The number of ether oxygens (including phenoxy) is 2. The van der Waals surface area contributed by atoms with Gasteiger partial charge in [0.15, 0.2) is 6.10 Å². The van der Waals surface area contributed by atoms with Crippen molar-refractivity contribution in [3.63, 3.8) is 0 Å². The lowest BCUT2D eigenvalue weighted by atomic mass is 10.0. The first-order valence-corrected chi connectivity index (χ1v) is 27.1. The van der Waals surface area contributed by atoms with Crippen molar-refractivity contribution in [2.24, 2.45) is 0 Å². The Bertz CT molecular complexity index is 1350. The van der Waals surface area contributed by atoms with Crippen LogP contribution in [0.3, 0.4) is 0 Å². The molecule has 374 valence electrons. The largest absolute Gasteiger partial charge is 0.462 e. The van der Waals surface area contributed by atoms with E-state index in [9.17, 15) is 14.7 Å². The highest BCUT2D eigenvalue weighted by Gasteiger charge is 2.16. The first-order chi connectivity index (χ1) is 32.6. The van der Waals surface area contributed by atoms with Crippen LogP contribution in [0.2, 0.25) is 0 Å². The fraction of sp³-hybridized carbons (Fsp3) is 0.639. The molecule has 0 aliphatic heterocycles. The van der Waals surface area contributed by atoms with E-state index >= 15 is 0 Å². The van der Waals surface area contributed by atoms with Crippen molar-refractivity contribution in [3.05, 3.63) is 122 Å². The summed E-state index contributed by atoms with van der Waals surface area (Å²) in [6.07, 6.45) is 81.5. The van der Waals surface area contributed by atoms with Gasteiger partial charge in [0, 0.05) is 12.8 Å². The molecule has 0 aromatic carbocycles. The first-order valence-electron chi connectivity index (χ1n) is 27.1. The third-order valence-electron chi connectivity index (χ3n) is 11.2. The summed E-state index contributed by atoms with van der Waals surface area (Å²) in [5.41, 5.74) is 0. The van der Waals surface area contributed by atoms with Crippen LogP contribution in [-0.4, -0.2) is 36.4 Å². The molecule has 1 N–H and O–H groups in total. The number of unbranched alkanes of at least 4 members (excludes halogenated alkanes) is 20. The second kappa shape index (κ2) is 55.6. The molecule has 66 heavy (non-hydrogen) atoms. The Morgan fingerprint density at radius 1 is 0.364 bits per heavy atom. The monoisotopic (exact) mass is 913 g/mol. The molecule has 0 saturated heterocycles. The van der Waals surface area contributed by atoms with E-state index in [0.717, 1.165) is 103 Å². The van der Waals surface area contributed by atoms with E-state index in [1.165, 1.54) is 103 Å². The fourth-order valence-corrected chi connectivity index (χ4v) is 7.19. The molecule has 0 amide bonds. The highest BCUT2D eigenvalue weighted by atomic mass is 16.6. The smallest absolute Gasteiger partial charge is 0.306 e. The predicted octanol–water partition coefficient (Wildman–Crippen LogP) is 18.3. The summed E-state index contributed by atoms with van der Waals surface area (Å²) in [5, 5.41) is 9.64. The van der Waals surface area contributed by atoms with Gasteiger partial charge in [-0.1, -0.05) is 232 Å². The zero-order valence-electron chi connectivity index (χ0n) is 42.7. The molecule has 0 heterocycles. The minimum absolute atomic E-state index is 0.0800. The van der Waals surface area contributed by atoms with Crippen molar-refractivity contribution in [1.29, 1.82) is 0 Å². The standard InChI is InChI=1S/C61H100O5/c1-3-5-7-9-11-13-15-17-19-21-23-24-25-26-27-28-29-30-31-32-33-34-35-36-38-40-42-44-46-48-50-52-54-56-61(64)66-59(57-62)58-65-60(63)55-53-51-49-47-45-43-41-39-37-22-20-18-16-14-12-10-8-6-4-2/h5,7,11-14,17-20,23-24,26-27,29-30,32-33,37,39,59,62H,3-4,6,8-10,15-16,21-22,25,28,31,34-36,38,40-58H2,1-2H3/b7-5-,13-11-,14-12-,19-17-,20-18-,24-23-,27-26-,30-29-,33-32-,39-37-. The van der Waals surface area contributed by atoms with E-state index in [-0.39, 0.29) is 25.2 Å². The molecule has 0 saturated carbocycles. The van der Waals surface area contributed by atoms with E-state index in [1.807, 2.05) is 0 Å². The van der Waals surface area contributed by atoms with Crippen LogP contribution in [0.4, 0.5) is 0 Å². The Kier molecular flexibility index (Phi) is 52.5. The third-order valence-corrected chi connectivity index (χ3v) is 11.2. The summed E-state index contributed by atoms with van der Waals surface area (Å²) in [5.74, 6) is -0.613. The molecule has 0 aromatic heterocycles. The van der Waals surface area contributed by atoms with Gasteiger partial charge in [-0.2, -0.15) is 0 Å². The molecule has 1 unspecified atom stereocenters. The van der Waals surface area contributed by atoms with Crippen LogP contribution in [0.1, 0.15) is 232 Å². The second-order valence-electron chi connectivity index (χ2n) is 17.6. The van der Waals surface area contributed by atoms with Crippen LogP contribution in [0.15, 0.2) is 122 Å². The van der Waals surface area contributed by atoms with E-state index in [2.05, 4.69) is 135 Å². The maximum Gasteiger partial charge on any atom is 0.306 e. The van der Waals surface area contributed by atoms with Crippen LogP contribution in [0.25, 0.3) is 0 Å². The molecular formula is C61H100O5. The van der Waals surface area contributed by atoms with Crippen LogP contribution >= 0.6 is 0 Å². The normalized spacial score (nSPS) is 13.2. The van der Waals surface area contributed by atoms with Crippen molar-refractivity contribution in [1.82, 2.24) is 0 Å². The van der Waals surface area contributed by atoms with Gasteiger partial charge in [-0.25, -0.2) is 0 Å². The van der Waals surface area contributed by atoms with E-state index < -0.39 is 6.10 Å². The molecule has 0 radical (unpaired) electrons. The number of carbonyl (C=O) groups excluding carboxylic acids is 2. The average molecular weight is 913 g/mol. The van der Waals surface area contributed by atoms with Crippen molar-refractivity contribution in [3.8, 4) is 0 Å². The summed E-state index contributed by atoms with van der Waals surface area (Å²) in [4.78, 5) is 24.5. The molecule has 0 rings (SSSR count). The number of aliphatic hydroxyl groups excluding tert-OH is 1. The number of aliphatic hydroxyl groups is 1. The molecule has 0 bridgehead atoms. The Labute approximate surface area is 407 Å². The molecule has 5 heteroatoms. The van der Waals surface area contributed by atoms with Gasteiger partial charge in [-0.05, 0) is 109 Å². The highest BCUT2D eigenvalue weighted by molar-refractivity contribution is 5.70. The first kappa shape index (κ1) is 62.3. The number of carbonyl (C=O) groups is 2. The summed E-state index contributed by atoms with van der Waals surface area (Å²) < 4.78 is 10.7. The summed E-state index contributed by atoms with van der Waals surface area (Å²) in [7, 11) is 0. The topological polar surface area (TPSA) is 72.8 Å². The molecule has 0 aliphatic carbocycles. The lowest BCUT2D eigenvalue weighted by molar-refractivity contribution is -0.161. The van der Waals surface area contributed by atoms with Gasteiger partial charge in [0.05, 0.1) is 6.61 Å². The van der Waals surface area contributed by atoms with E-state index in [0.29, 0.717) is 12.8 Å². The van der Waals surface area contributed by atoms with Gasteiger partial charge in [0.25, 0.3) is 0 Å². The summed E-state index contributed by atoms with van der Waals surface area (Å²) in [6, 6.07) is 0. The second-order valence-corrected chi connectivity index (χ2v) is 17.6. The SMILES string of the molecule is CC/C=C\C/C=C\C/C=C\C/C=C\C/C=C\C/C=C\C/C=C\CCCCCCCCCCCCCC(=O)OC(CO)COC(=O)CCCCCCCC/C=C\C/C=C\C/C=C\CCCCC. The van der Waals surface area contributed by atoms with Gasteiger partial charge >= 0.3 is 11.9 Å². The van der Waals surface area contributed by atoms with Crippen molar-refractivity contribution in [2.45, 2.75) is 238 Å². The highest BCUT2D eigenvalue weighted by Crippen LogP contribution is 2.14. The van der Waals surface area contributed by atoms with Gasteiger partial charge in [0.1, 0.15) is 6.61 Å². The number of hydrogen-bond acceptors (Lipinski definition) is 5. The molecule has 0 fully saturated rings. The van der Waals surface area contributed by atoms with Gasteiger partial charge in [-0.15, -0.1) is 0 Å². The summed E-state index contributed by atoms with van der Waals surface area (Å²) >= 11 is 0. The van der Waals surface area contributed by atoms with E-state index in [1.54, 1.807) is 0 Å². The van der Waals surface area contributed by atoms with Crippen LogP contribution in [0, 0.1) is 0 Å². The third kappa shape index (κ3) is 52.9. The maximum atomic E-state index is 12.3. The summed E-state index contributed by atoms with van der Waals surface area (Å²) in [6.45, 7) is 3.98. The predicted molar refractivity (Wildman–Crippen MR) is 288 cm³/mol. The fourth-order valence-electron chi connectivity index (χ4n) is 7.19. The Hall–Kier alpha value is -3.70. The number of rotatable bonds is 48. The molecule has 0 spiro atoms. The molecular weight excluding hydrogens is 813 g/mol. The zero-order chi connectivity index (χ0) is 47.7. The minimum Gasteiger partial charge on any atom is -0.462 e. The molecule has 1 atom stereocenters. The lowest BCUT2D eigenvalue weighted by Gasteiger charge is -2.15. The quantitative estimate of drug-likeness (QED) is 0.0374. The maximum absolute atomic E-state index is 12.3. The van der Waals surface area contributed by atoms with E-state index in [4.69, 9.17) is 9.47 Å². The van der Waals surface area contributed by atoms with Crippen molar-refractivity contribution < 1.29 is 24.2 Å². The van der Waals surface area contributed by atoms with Gasteiger partial charge < -0.3 is 14.6 Å². The van der Waals surface area contributed by atoms with Crippen molar-refractivity contribution in [2.75, 3.05) is 13.2 Å². The average Bonchev–Trinajstić information content (AvgIpc) is 3.32. The van der Waals surface area contributed by atoms with Crippen LogP contribution in [-0.2, 0) is 19.1 Å². The van der Waals surface area contributed by atoms with Crippen LogP contribution in [0.5, 0.6) is 0 Å². The Morgan fingerprint density at radius 3 is 0.985 bits per heavy atom. The zero-order valence-corrected chi connectivity index (χ0v) is 42.7. The lowest BCUT2D eigenvalue weighted by Crippen LogP contribution is -2.28. The molecule has 0 aliphatic rings. The van der Waals surface area contributed by atoms with Gasteiger partial charge in [0.2, 0.25) is 0 Å². The Balaban J connectivity index is 3.57. The van der Waals surface area contributed by atoms with Gasteiger partial charge in [-0.3, -0.25) is 9.59 Å². The number of allylic oxidation sites excluding steroid dienone is 20. The Morgan fingerprint density at radius 2 is 0.652 bits per heavy atom. The minimum atomic E-state index is -0.788. The molecule has 5 nitrogen and oxygen atoms in total. The van der Waals surface area contributed by atoms with Crippen LogP contribution < -0.4 is 0 Å². The number of hydrogen-bond donors (Lipinski definition) is 1.